The summed E-state index contributed by atoms with van der Waals surface area (Å²) in [6.45, 7) is 0. The van der Waals surface area contributed by atoms with Gasteiger partial charge in [0.05, 0.1) is 27.0 Å². The number of amides is 1. The molecule has 0 atom stereocenters. The number of rotatable bonds is 7. The van der Waals surface area contributed by atoms with Crippen LogP contribution in [0.5, 0.6) is 17.2 Å². The topological polar surface area (TPSA) is 89.7 Å². The zero-order valence-electron chi connectivity index (χ0n) is 18.5. The highest BCUT2D eigenvalue weighted by atomic mass is 35.5. The van der Waals surface area contributed by atoms with E-state index in [2.05, 4.69) is 10.3 Å². The molecular weight excluding hydrogens is 479 g/mol. The predicted molar refractivity (Wildman–Crippen MR) is 132 cm³/mol. The van der Waals surface area contributed by atoms with Gasteiger partial charge in [-0.3, -0.25) is 9.59 Å². The molecule has 0 aliphatic rings. The normalized spacial score (nSPS) is 10.7. The number of aromatic amines is 1. The first kappa shape index (κ1) is 23.5. The fourth-order valence-electron chi connectivity index (χ4n) is 3.61. The van der Waals surface area contributed by atoms with E-state index in [-0.39, 0.29) is 17.0 Å². The average molecular weight is 499 g/mol. The molecule has 1 aromatic heterocycles. The Balaban J connectivity index is 1.80. The van der Waals surface area contributed by atoms with E-state index in [1.54, 1.807) is 42.5 Å². The molecule has 4 rings (SSSR count). The van der Waals surface area contributed by atoms with E-state index in [9.17, 15) is 9.59 Å². The highest BCUT2D eigenvalue weighted by molar-refractivity contribution is 6.32. The van der Waals surface area contributed by atoms with Gasteiger partial charge in [-0.05, 0) is 54.6 Å². The third kappa shape index (κ3) is 4.40. The van der Waals surface area contributed by atoms with Crippen LogP contribution in [0.3, 0.4) is 0 Å². The summed E-state index contributed by atoms with van der Waals surface area (Å²) in [5, 5.41) is 4.48. The Hall–Kier alpha value is -3.68. The number of aromatic nitrogens is 1. The highest BCUT2D eigenvalue weighted by Crippen LogP contribution is 2.39. The summed E-state index contributed by atoms with van der Waals surface area (Å²) < 4.78 is 16.0. The molecule has 0 unspecified atom stereocenters. The number of hydrogen-bond acceptors (Lipinski definition) is 5. The van der Waals surface area contributed by atoms with E-state index in [4.69, 9.17) is 37.4 Å². The van der Waals surface area contributed by atoms with Crippen LogP contribution in [0.15, 0.2) is 54.6 Å². The van der Waals surface area contributed by atoms with Crippen LogP contribution in [0.4, 0.5) is 5.69 Å². The number of carbonyl (C=O) groups is 2. The molecule has 9 heteroatoms. The summed E-state index contributed by atoms with van der Waals surface area (Å²) in [5.74, 6) is 0.233. The fraction of sp³-hybridized carbons (Fsp3) is 0.120. The SMILES string of the molecule is COc1cc(C(=O)Nc2c(C(=O)c3ccc(Cl)cc3)[nH]c3cc(Cl)ccc23)cc(OC)c1OC. The van der Waals surface area contributed by atoms with Crippen molar-refractivity contribution in [2.24, 2.45) is 0 Å². The largest absolute Gasteiger partial charge is 0.493 e. The molecule has 0 saturated heterocycles. The Morgan fingerprint density at radius 3 is 2.00 bits per heavy atom. The zero-order chi connectivity index (χ0) is 24.4. The minimum Gasteiger partial charge on any atom is -0.493 e. The maximum atomic E-state index is 13.3. The van der Waals surface area contributed by atoms with Gasteiger partial charge in [-0.25, -0.2) is 0 Å². The molecule has 4 aromatic rings. The number of nitrogens with one attached hydrogen (secondary N) is 2. The van der Waals surface area contributed by atoms with E-state index >= 15 is 0 Å². The first-order chi connectivity index (χ1) is 16.4. The Labute approximate surface area is 205 Å². The van der Waals surface area contributed by atoms with Crippen molar-refractivity contribution in [2.75, 3.05) is 26.6 Å². The minimum atomic E-state index is -0.472. The quantitative estimate of drug-likeness (QED) is 0.305. The standard InChI is InChI=1S/C25H20Cl2N2O5/c1-32-19-10-14(11-20(33-2)24(19)34-3)25(31)29-21-17-9-8-16(27)12-18(17)28-22(21)23(30)13-4-6-15(26)7-5-13/h4-12,28H,1-3H3,(H,29,31). The van der Waals surface area contributed by atoms with Gasteiger partial charge >= 0.3 is 0 Å². The van der Waals surface area contributed by atoms with Crippen molar-refractivity contribution in [2.45, 2.75) is 0 Å². The number of hydrogen-bond donors (Lipinski definition) is 2. The Morgan fingerprint density at radius 2 is 1.41 bits per heavy atom. The maximum absolute atomic E-state index is 13.3. The van der Waals surface area contributed by atoms with Gasteiger partial charge in [0, 0.05) is 32.1 Å². The average Bonchev–Trinajstić information content (AvgIpc) is 3.19. The smallest absolute Gasteiger partial charge is 0.256 e. The van der Waals surface area contributed by atoms with Crippen LogP contribution < -0.4 is 19.5 Å². The lowest BCUT2D eigenvalue weighted by molar-refractivity contribution is 0.102. The van der Waals surface area contributed by atoms with Crippen molar-refractivity contribution in [1.82, 2.24) is 4.98 Å². The summed E-state index contributed by atoms with van der Waals surface area (Å²) in [6, 6.07) is 14.7. The Bertz CT molecular complexity index is 1370. The molecule has 1 amide bonds. The summed E-state index contributed by atoms with van der Waals surface area (Å²) >= 11 is 12.1. The van der Waals surface area contributed by atoms with Gasteiger partial charge in [-0.15, -0.1) is 0 Å². The number of carbonyl (C=O) groups excluding carboxylic acids is 2. The van der Waals surface area contributed by atoms with Crippen LogP contribution >= 0.6 is 23.2 Å². The first-order valence-corrected chi connectivity index (χ1v) is 10.8. The summed E-state index contributed by atoms with van der Waals surface area (Å²) in [6.07, 6.45) is 0. The third-order valence-electron chi connectivity index (χ3n) is 5.26. The summed E-state index contributed by atoms with van der Waals surface area (Å²) in [4.78, 5) is 29.7. The predicted octanol–water partition coefficient (Wildman–Crippen LogP) is 5.98. The zero-order valence-corrected chi connectivity index (χ0v) is 20.0. The van der Waals surface area contributed by atoms with Crippen molar-refractivity contribution in [3.05, 3.63) is 81.5 Å². The molecule has 1 heterocycles. The number of fused-ring (bicyclic) bond motifs is 1. The number of H-pyrrole nitrogens is 1. The van der Waals surface area contributed by atoms with E-state index < -0.39 is 5.91 Å². The van der Waals surface area contributed by atoms with Gasteiger partial charge in [0.25, 0.3) is 5.91 Å². The summed E-state index contributed by atoms with van der Waals surface area (Å²) in [5.41, 5.74) is 1.80. The molecule has 0 fully saturated rings. The lowest BCUT2D eigenvalue weighted by Gasteiger charge is -2.14. The Kier molecular flexibility index (Phi) is 6.68. The molecule has 0 saturated carbocycles. The molecule has 0 aliphatic heterocycles. The van der Waals surface area contributed by atoms with Crippen molar-refractivity contribution < 1.29 is 23.8 Å². The maximum Gasteiger partial charge on any atom is 0.256 e. The molecule has 34 heavy (non-hydrogen) atoms. The molecule has 3 aromatic carbocycles. The molecule has 0 spiro atoms. The molecule has 2 N–H and O–H groups in total. The van der Waals surface area contributed by atoms with E-state index in [0.29, 0.717) is 49.4 Å². The van der Waals surface area contributed by atoms with Crippen molar-refractivity contribution in [3.8, 4) is 17.2 Å². The highest BCUT2D eigenvalue weighted by Gasteiger charge is 2.23. The van der Waals surface area contributed by atoms with Gasteiger partial charge in [-0.1, -0.05) is 23.2 Å². The van der Waals surface area contributed by atoms with Crippen molar-refractivity contribution in [3.63, 3.8) is 0 Å². The molecular formula is C25H20Cl2N2O5. The molecule has 0 aliphatic carbocycles. The lowest BCUT2D eigenvalue weighted by atomic mass is 10.1. The first-order valence-electron chi connectivity index (χ1n) is 10.1. The second kappa shape index (κ2) is 9.67. The van der Waals surface area contributed by atoms with Gasteiger partial charge in [0.15, 0.2) is 11.5 Å². The van der Waals surface area contributed by atoms with Crippen molar-refractivity contribution in [1.29, 1.82) is 0 Å². The van der Waals surface area contributed by atoms with Crippen LogP contribution in [0.1, 0.15) is 26.4 Å². The lowest BCUT2D eigenvalue weighted by Crippen LogP contribution is -2.15. The van der Waals surface area contributed by atoms with Crippen molar-refractivity contribution >= 4 is 51.5 Å². The molecule has 7 nitrogen and oxygen atoms in total. The van der Waals surface area contributed by atoms with E-state index in [1.165, 1.54) is 33.5 Å². The van der Waals surface area contributed by atoms with Crippen LogP contribution in [0.2, 0.25) is 10.0 Å². The summed E-state index contributed by atoms with van der Waals surface area (Å²) in [7, 11) is 4.41. The second-order valence-electron chi connectivity index (χ2n) is 7.27. The number of methoxy groups -OCH3 is 3. The van der Waals surface area contributed by atoms with Crippen LogP contribution in [-0.4, -0.2) is 38.0 Å². The van der Waals surface area contributed by atoms with Gasteiger partial charge < -0.3 is 24.5 Å². The van der Waals surface area contributed by atoms with Gasteiger partial charge in [-0.2, -0.15) is 0 Å². The van der Waals surface area contributed by atoms with Gasteiger partial charge in [0.1, 0.15) is 5.69 Å². The monoisotopic (exact) mass is 498 g/mol. The number of halogens is 2. The molecule has 174 valence electrons. The molecule has 0 bridgehead atoms. The number of anilines is 1. The van der Waals surface area contributed by atoms with Crippen LogP contribution in [0, 0.1) is 0 Å². The Morgan fingerprint density at radius 1 is 0.794 bits per heavy atom. The fourth-order valence-corrected chi connectivity index (χ4v) is 3.91. The van der Waals surface area contributed by atoms with E-state index in [0.717, 1.165) is 0 Å². The van der Waals surface area contributed by atoms with Crippen LogP contribution in [0.25, 0.3) is 10.9 Å². The van der Waals surface area contributed by atoms with E-state index in [1.807, 2.05) is 0 Å². The van der Waals surface area contributed by atoms with Gasteiger partial charge in [0.2, 0.25) is 11.5 Å². The number of benzene rings is 3. The van der Waals surface area contributed by atoms with Crippen LogP contribution in [-0.2, 0) is 0 Å². The number of ether oxygens (including phenoxy) is 3. The third-order valence-corrected chi connectivity index (χ3v) is 5.75. The molecule has 0 radical (unpaired) electrons. The minimum absolute atomic E-state index is 0.209. The second-order valence-corrected chi connectivity index (χ2v) is 8.14. The number of ketones is 1.